The predicted molar refractivity (Wildman–Crippen MR) is 143 cm³/mol. The Morgan fingerprint density at radius 2 is 1.51 bits per heavy atom. The largest absolute Gasteiger partial charge is 0.481 e. The van der Waals surface area contributed by atoms with Gasteiger partial charge in [0, 0.05) is 25.4 Å². The molecule has 0 radical (unpaired) electrons. The second kappa shape index (κ2) is 12.7. The number of carboxylic acid groups (broad SMARTS) is 1. The van der Waals surface area contributed by atoms with Crippen LogP contribution in [0, 0.1) is 0 Å². The molecule has 3 aromatic carbocycles. The number of aliphatic carboxylic acids is 1. The Morgan fingerprint density at radius 3 is 2.15 bits per heavy atom. The Kier molecular flexibility index (Phi) is 8.94. The van der Waals surface area contributed by atoms with Gasteiger partial charge in [-0.1, -0.05) is 72.8 Å². The van der Waals surface area contributed by atoms with Gasteiger partial charge in [-0.25, -0.2) is 4.79 Å². The van der Waals surface area contributed by atoms with Crippen molar-refractivity contribution in [2.45, 2.75) is 31.8 Å². The molecule has 0 saturated carbocycles. The van der Waals surface area contributed by atoms with Gasteiger partial charge < -0.3 is 19.9 Å². The van der Waals surface area contributed by atoms with E-state index < -0.39 is 18.0 Å². The fraction of sp³-hybridized carbons (Fsp3) is 0.267. The quantitative estimate of drug-likeness (QED) is 0.358. The number of esters is 1. The summed E-state index contributed by atoms with van der Waals surface area (Å²) in [4.78, 5) is 49.1. The summed E-state index contributed by atoms with van der Waals surface area (Å²) in [5.74, 6) is -2.10. The highest BCUT2D eigenvalue weighted by Gasteiger charge is 2.30. The SMILES string of the molecule is COC(=O)CN(Cc1cccc(CNC(=O)CCC(=O)O)c1)C(=O)OCC1c2ccccc2-c2ccccc21. The minimum absolute atomic E-state index is 0.0899. The smallest absolute Gasteiger partial charge is 0.410 e. The van der Waals surface area contributed by atoms with Crippen LogP contribution in [0.5, 0.6) is 0 Å². The van der Waals surface area contributed by atoms with Crippen LogP contribution < -0.4 is 5.32 Å². The minimum Gasteiger partial charge on any atom is -0.481 e. The molecule has 0 saturated heterocycles. The molecule has 9 nitrogen and oxygen atoms in total. The fourth-order valence-corrected chi connectivity index (χ4v) is 4.66. The van der Waals surface area contributed by atoms with E-state index in [-0.39, 0.29) is 50.9 Å². The van der Waals surface area contributed by atoms with E-state index in [1.54, 1.807) is 24.3 Å². The summed E-state index contributed by atoms with van der Waals surface area (Å²) >= 11 is 0. The van der Waals surface area contributed by atoms with Crippen LogP contribution in [0.3, 0.4) is 0 Å². The molecule has 0 atom stereocenters. The van der Waals surface area contributed by atoms with Crippen molar-refractivity contribution < 1.29 is 33.8 Å². The summed E-state index contributed by atoms with van der Waals surface area (Å²) in [5.41, 5.74) is 5.90. The lowest BCUT2D eigenvalue weighted by Gasteiger charge is -2.23. The third-order valence-electron chi connectivity index (χ3n) is 6.56. The average Bonchev–Trinajstić information content (AvgIpc) is 3.27. The van der Waals surface area contributed by atoms with Gasteiger partial charge in [-0.05, 0) is 33.4 Å². The first-order chi connectivity index (χ1) is 18.9. The van der Waals surface area contributed by atoms with E-state index in [0.717, 1.165) is 33.4 Å². The van der Waals surface area contributed by atoms with Crippen molar-refractivity contribution in [2.24, 2.45) is 0 Å². The first-order valence-electron chi connectivity index (χ1n) is 12.6. The Morgan fingerprint density at radius 1 is 0.872 bits per heavy atom. The van der Waals surface area contributed by atoms with Crippen LogP contribution in [0.15, 0.2) is 72.8 Å². The Labute approximate surface area is 226 Å². The maximum absolute atomic E-state index is 13.2. The number of hydrogen-bond donors (Lipinski definition) is 2. The number of carboxylic acids is 1. The van der Waals surface area contributed by atoms with E-state index in [1.807, 2.05) is 36.4 Å². The van der Waals surface area contributed by atoms with Crippen LogP contribution in [0.1, 0.15) is 41.0 Å². The summed E-state index contributed by atoms with van der Waals surface area (Å²) in [5, 5.41) is 11.4. The van der Waals surface area contributed by atoms with E-state index in [1.165, 1.54) is 12.0 Å². The zero-order valence-electron chi connectivity index (χ0n) is 21.6. The highest BCUT2D eigenvalue weighted by molar-refractivity contribution is 5.81. The summed E-state index contributed by atoms with van der Waals surface area (Å²) in [6, 6.07) is 23.3. The summed E-state index contributed by atoms with van der Waals surface area (Å²) in [6.45, 7) is 0.122. The number of nitrogens with one attached hydrogen (secondary N) is 1. The molecule has 0 heterocycles. The average molecular weight is 531 g/mol. The number of carbonyl (C=O) groups is 4. The standard InChI is InChI=1S/C30H30N2O7/c1-38-29(36)18-32(17-21-8-6-7-20(15-21)16-31-27(33)13-14-28(34)35)30(37)39-19-26-24-11-4-2-9-22(24)23-10-3-5-12-25(23)26/h2-12,15,26H,13-14,16-19H2,1H3,(H,31,33)(H,34,35). The molecule has 0 bridgehead atoms. The van der Waals surface area contributed by atoms with Crippen LogP contribution >= 0.6 is 0 Å². The van der Waals surface area contributed by atoms with Crippen molar-refractivity contribution in [1.29, 1.82) is 0 Å². The Hall–Kier alpha value is -4.66. The zero-order valence-corrected chi connectivity index (χ0v) is 21.6. The van der Waals surface area contributed by atoms with Gasteiger partial charge in [0.2, 0.25) is 5.91 Å². The third-order valence-corrected chi connectivity index (χ3v) is 6.56. The molecule has 39 heavy (non-hydrogen) atoms. The van der Waals surface area contributed by atoms with Crippen molar-refractivity contribution in [3.63, 3.8) is 0 Å². The first-order valence-corrected chi connectivity index (χ1v) is 12.6. The molecule has 0 aromatic heterocycles. The van der Waals surface area contributed by atoms with Gasteiger partial charge in [0.05, 0.1) is 13.5 Å². The van der Waals surface area contributed by atoms with Crippen LogP contribution in [-0.4, -0.2) is 54.2 Å². The molecule has 4 rings (SSSR count). The molecule has 1 aliphatic carbocycles. The molecule has 0 aliphatic heterocycles. The van der Waals surface area contributed by atoms with Crippen molar-refractivity contribution in [3.8, 4) is 11.1 Å². The van der Waals surface area contributed by atoms with E-state index in [9.17, 15) is 19.2 Å². The van der Waals surface area contributed by atoms with Gasteiger partial charge >= 0.3 is 18.0 Å². The van der Waals surface area contributed by atoms with Crippen LogP contribution in [-0.2, 0) is 36.9 Å². The number of rotatable bonds is 11. The number of carbonyl (C=O) groups excluding carboxylic acids is 3. The lowest BCUT2D eigenvalue weighted by atomic mass is 9.98. The number of methoxy groups -OCH3 is 1. The molecule has 2 N–H and O–H groups in total. The van der Waals surface area contributed by atoms with Crippen molar-refractivity contribution in [3.05, 3.63) is 95.1 Å². The lowest BCUT2D eigenvalue weighted by Crippen LogP contribution is -2.36. The molecule has 0 spiro atoms. The highest BCUT2D eigenvalue weighted by atomic mass is 16.6. The van der Waals surface area contributed by atoms with Crippen LogP contribution in [0.25, 0.3) is 11.1 Å². The molecule has 2 amide bonds. The molecule has 9 heteroatoms. The van der Waals surface area contributed by atoms with Crippen LogP contribution in [0.4, 0.5) is 4.79 Å². The Balaban J connectivity index is 1.42. The second-order valence-corrected chi connectivity index (χ2v) is 9.23. The normalized spacial score (nSPS) is 11.7. The highest BCUT2D eigenvalue weighted by Crippen LogP contribution is 2.44. The van der Waals surface area contributed by atoms with E-state index >= 15 is 0 Å². The fourth-order valence-electron chi connectivity index (χ4n) is 4.66. The number of fused-ring (bicyclic) bond motifs is 3. The van der Waals surface area contributed by atoms with Crippen molar-refractivity contribution >= 4 is 23.9 Å². The van der Waals surface area contributed by atoms with E-state index in [0.29, 0.717) is 0 Å². The summed E-state index contributed by atoms with van der Waals surface area (Å²) < 4.78 is 10.5. The topological polar surface area (TPSA) is 122 Å². The number of hydrogen-bond acceptors (Lipinski definition) is 6. The predicted octanol–water partition coefficient (Wildman–Crippen LogP) is 4.09. The number of nitrogens with zero attached hydrogens (tertiary/aromatic N) is 1. The van der Waals surface area contributed by atoms with E-state index in [2.05, 4.69) is 17.4 Å². The summed E-state index contributed by atoms with van der Waals surface area (Å²) in [7, 11) is 1.26. The van der Waals surface area contributed by atoms with E-state index in [4.69, 9.17) is 14.6 Å². The molecule has 0 unspecified atom stereocenters. The van der Waals surface area contributed by atoms with Crippen molar-refractivity contribution in [2.75, 3.05) is 20.3 Å². The number of benzene rings is 3. The minimum atomic E-state index is -1.04. The molecular weight excluding hydrogens is 500 g/mol. The van der Waals surface area contributed by atoms with Gasteiger partial charge in [0.15, 0.2) is 0 Å². The Bertz CT molecular complexity index is 1330. The van der Waals surface area contributed by atoms with Crippen molar-refractivity contribution in [1.82, 2.24) is 10.2 Å². The zero-order chi connectivity index (χ0) is 27.8. The first kappa shape index (κ1) is 27.4. The lowest BCUT2D eigenvalue weighted by molar-refractivity contribution is -0.141. The molecule has 202 valence electrons. The molecule has 1 aliphatic rings. The monoisotopic (exact) mass is 530 g/mol. The third kappa shape index (κ3) is 7.01. The van der Waals surface area contributed by atoms with Gasteiger partial charge in [-0.3, -0.25) is 19.3 Å². The van der Waals surface area contributed by atoms with Gasteiger partial charge in [0.1, 0.15) is 13.2 Å². The van der Waals surface area contributed by atoms with Gasteiger partial charge in [0.25, 0.3) is 0 Å². The molecule has 3 aromatic rings. The number of ether oxygens (including phenoxy) is 2. The maximum Gasteiger partial charge on any atom is 0.410 e. The maximum atomic E-state index is 13.2. The molecule has 0 fully saturated rings. The second-order valence-electron chi connectivity index (χ2n) is 9.23. The van der Waals surface area contributed by atoms with Gasteiger partial charge in [-0.15, -0.1) is 0 Å². The summed E-state index contributed by atoms with van der Waals surface area (Å²) in [6.07, 6.45) is -0.993. The number of amides is 2. The molecular formula is C30H30N2O7. The van der Waals surface area contributed by atoms with Gasteiger partial charge in [-0.2, -0.15) is 0 Å². The van der Waals surface area contributed by atoms with Crippen LogP contribution in [0.2, 0.25) is 0 Å².